The largest absolute Gasteiger partial charge is 0.497 e. The highest BCUT2D eigenvalue weighted by Crippen LogP contribution is 2.19. The van der Waals surface area contributed by atoms with Gasteiger partial charge in [-0.3, -0.25) is 9.69 Å². The molecule has 114 valence electrons. The van der Waals surface area contributed by atoms with E-state index in [9.17, 15) is 4.79 Å². The van der Waals surface area contributed by atoms with Gasteiger partial charge in [0.25, 0.3) is 5.91 Å². The molecular formula is C16H21IN2O2. The van der Waals surface area contributed by atoms with Gasteiger partial charge in [-0.1, -0.05) is 6.08 Å². The monoisotopic (exact) mass is 400 g/mol. The van der Waals surface area contributed by atoms with E-state index in [1.165, 1.54) is 6.42 Å². The van der Waals surface area contributed by atoms with Crippen LogP contribution in [0.3, 0.4) is 0 Å². The summed E-state index contributed by atoms with van der Waals surface area (Å²) in [5, 5.41) is 3.03. The van der Waals surface area contributed by atoms with E-state index in [4.69, 9.17) is 4.74 Å². The van der Waals surface area contributed by atoms with Gasteiger partial charge in [0.2, 0.25) is 0 Å². The smallest absolute Gasteiger partial charge is 0.251 e. The average molecular weight is 400 g/mol. The normalized spacial score (nSPS) is 18.5. The molecule has 1 aromatic rings. The predicted molar refractivity (Wildman–Crippen MR) is 92.8 cm³/mol. The highest BCUT2D eigenvalue weighted by molar-refractivity contribution is 14.1. The van der Waals surface area contributed by atoms with Crippen molar-refractivity contribution in [2.75, 3.05) is 26.7 Å². The molecule has 0 radical (unpaired) electrons. The third-order valence-electron chi connectivity index (χ3n) is 3.73. The number of carbonyl (C=O) groups excluding carboxylic acids is 1. The van der Waals surface area contributed by atoms with Gasteiger partial charge in [-0.15, -0.1) is 6.58 Å². The van der Waals surface area contributed by atoms with Gasteiger partial charge in [0.05, 0.1) is 7.11 Å². The first-order valence-corrected chi connectivity index (χ1v) is 8.19. The molecule has 0 aromatic heterocycles. The van der Waals surface area contributed by atoms with Crippen molar-refractivity contribution in [3.8, 4) is 5.75 Å². The number of carbonyl (C=O) groups is 1. The van der Waals surface area contributed by atoms with Crippen LogP contribution in [-0.4, -0.2) is 43.6 Å². The average Bonchev–Trinajstić information content (AvgIpc) is 2.91. The molecule has 1 aliphatic rings. The molecule has 1 aliphatic heterocycles. The SMILES string of the molecule is C=CCN1CCC[C@H]1CNC(=O)c1cc(I)cc(OC)c1. The Hall–Kier alpha value is -1.08. The van der Waals surface area contributed by atoms with Gasteiger partial charge >= 0.3 is 0 Å². The summed E-state index contributed by atoms with van der Waals surface area (Å²) < 4.78 is 6.20. The highest BCUT2D eigenvalue weighted by Gasteiger charge is 2.23. The summed E-state index contributed by atoms with van der Waals surface area (Å²) in [7, 11) is 1.61. The summed E-state index contributed by atoms with van der Waals surface area (Å²) in [6, 6.07) is 5.96. The number of hydrogen-bond acceptors (Lipinski definition) is 3. The van der Waals surface area contributed by atoms with E-state index in [1.807, 2.05) is 18.2 Å². The quantitative estimate of drug-likeness (QED) is 0.590. The Morgan fingerprint density at radius 3 is 3.10 bits per heavy atom. The van der Waals surface area contributed by atoms with Crippen LogP contribution in [0, 0.1) is 3.57 Å². The topological polar surface area (TPSA) is 41.6 Å². The number of likely N-dealkylation sites (tertiary alicyclic amines) is 1. The molecule has 1 atom stereocenters. The van der Waals surface area contributed by atoms with Gasteiger partial charge in [-0.25, -0.2) is 0 Å². The fourth-order valence-electron chi connectivity index (χ4n) is 2.66. The fourth-order valence-corrected chi connectivity index (χ4v) is 3.30. The number of hydrogen-bond donors (Lipinski definition) is 1. The van der Waals surface area contributed by atoms with E-state index in [0.717, 1.165) is 23.1 Å². The Kier molecular flexibility index (Phi) is 6.05. The highest BCUT2D eigenvalue weighted by atomic mass is 127. The van der Waals surface area contributed by atoms with Crippen LogP contribution in [0.25, 0.3) is 0 Å². The minimum atomic E-state index is -0.0442. The molecular weight excluding hydrogens is 379 g/mol. The maximum Gasteiger partial charge on any atom is 0.251 e. The predicted octanol–water partition coefficient (Wildman–Crippen LogP) is 2.68. The zero-order valence-corrected chi connectivity index (χ0v) is 14.4. The number of ether oxygens (including phenoxy) is 1. The lowest BCUT2D eigenvalue weighted by molar-refractivity contribution is 0.0941. The molecule has 0 spiro atoms. The standard InChI is InChI=1S/C16H21IN2O2/c1-3-6-19-7-4-5-14(19)11-18-16(20)12-8-13(17)10-15(9-12)21-2/h3,8-10,14H,1,4-7,11H2,2H3,(H,18,20)/t14-/m0/s1. The van der Waals surface area contributed by atoms with Crippen LogP contribution >= 0.6 is 22.6 Å². The van der Waals surface area contributed by atoms with Crippen molar-refractivity contribution < 1.29 is 9.53 Å². The summed E-state index contributed by atoms with van der Waals surface area (Å²) in [5.74, 6) is 0.665. The van der Waals surface area contributed by atoms with Crippen molar-refractivity contribution >= 4 is 28.5 Å². The van der Waals surface area contributed by atoms with Crippen LogP contribution in [-0.2, 0) is 0 Å². The van der Waals surface area contributed by atoms with Crippen molar-refractivity contribution in [2.45, 2.75) is 18.9 Å². The molecule has 4 nitrogen and oxygen atoms in total. The van der Waals surface area contributed by atoms with E-state index in [-0.39, 0.29) is 5.91 Å². The number of halogens is 1. The molecule has 21 heavy (non-hydrogen) atoms. The molecule has 1 fully saturated rings. The summed E-state index contributed by atoms with van der Waals surface area (Å²) in [5.41, 5.74) is 0.645. The van der Waals surface area contributed by atoms with Crippen molar-refractivity contribution in [3.63, 3.8) is 0 Å². The van der Waals surface area contributed by atoms with Gasteiger partial charge in [0.1, 0.15) is 5.75 Å². The lowest BCUT2D eigenvalue weighted by Gasteiger charge is -2.23. The number of methoxy groups -OCH3 is 1. The van der Waals surface area contributed by atoms with Gasteiger partial charge in [0.15, 0.2) is 0 Å². The molecule has 0 bridgehead atoms. The summed E-state index contributed by atoms with van der Waals surface area (Å²) in [6.45, 7) is 6.44. The summed E-state index contributed by atoms with van der Waals surface area (Å²) in [4.78, 5) is 14.6. The Morgan fingerprint density at radius 1 is 1.57 bits per heavy atom. The molecule has 0 saturated carbocycles. The van der Waals surface area contributed by atoms with Crippen LogP contribution in [0.15, 0.2) is 30.9 Å². The Labute approximate surface area is 139 Å². The third-order valence-corrected chi connectivity index (χ3v) is 4.35. The van der Waals surface area contributed by atoms with Crippen LogP contribution < -0.4 is 10.1 Å². The second-order valence-electron chi connectivity index (χ2n) is 5.17. The van der Waals surface area contributed by atoms with Crippen molar-refractivity contribution in [1.29, 1.82) is 0 Å². The van der Waals surface area contributed by atoms with E-state index in [1.54, 1.807) is 13.2 Å². The number of benzene rings is 1. The second kappa shape index (κ2) is 7.79. The Balaban J connectivity index is 1.95. The van der Waals surface area contributed by atoms with E-state index < -0.39 is 0 Å². The first-order chi connectivity index (χ1) is 10.1. The molecule has 2 rings (SSSR count). The van der Waals surface area contributed by atoms with Crippen LogP contribution in [0.4, 0.5) is 0 Å². The van der Waals surface area contributed by atoms with Gasteiger partial charge in [-0.05, 0) is 60.2 Å². The summed E-state index contributed by atoms with van der Waals surface area (Å²) in [6.07, 6.45) is 4.24. The molecule has 1 saturated heterocycles. The van der Waals surface area contributed by atoms with Crippen molar-refractivity contribution in [3.05, 3.63) is 40.0 Å². The number of rotatable bonds is 6. The first kappa shape index (κ1) is 16.3. The van der Waals surface area contributed by atoms with E-state index >= 15 is 0 Å². The van der Waals surface area contributed by atoms with Crippen molar-refractivity contribution in [2.24, 2.45) is 0 Å². The maximum absolute atomic E-state index is 12.3. The van der Waals surface area contributed by atoms with E-state index in [0.29, 0.717) is 23.9 Å². The lowest BCUT2D eigenvalue weighted by atomic mass is 10.2. The fraction of sp³-hybridized carbons (Fsp3) is 0.438. The molecule has 1 N–H and O–H groups in total. The minimum absolute atomic E-state index is 0.0442. The number of nitrogens with zero attached hydrogens (tertiary/aromatic N) is 1. The maximum atomic E-state index is 12.3. The zero-order valence-electron chi connectivity index (χ0n) is 12.3. The lowest BCUT2D eigenvalue weighted by Crippen LogP contribution is -2.40. The Morgan fingerprint density at radius 2 is 2.38 bits per heavy atom. The van der Waals surface area contributed by atoms with Crippen LogP contribution in [0.5, 0.6) is 5.75 Å². The number of amides is 1. The second-order valence-corrected chi connectivity index (χ2v) is 6.42. The van der Waals surface area contributed by atoms with Gasteiger partial charge < -0.3 is 10.1 Å². The van der Waals surface area contributed by atoms with Gasteiger partial charge in [0, 0.05) is 28.3 Å². The van der Waals surface area contributed by atoms with Crippen LogP contribution in [0.2, 0.25) is 0 Å². The third kappa shape index (κ3) is 4.44. The van der Waals surface area contributed by atoms with E-state index in [2.05, 4.69) is 39.4 Å². The molecule has 0 aliphatic carbocycles. The molecule has 5 heteroatoms. The molecule has 1 heterocycles. The van der Waals surface area contributed by atoms with Crippen LogP contribution in [0.1, 0.15) is 23.2 Å². The number of nitrogens with one attached hydrogen (secondary N) is 1. The zero-order chi connectivity index (χ0) is 15.2. The minimum Gasteiger partial charge on any atom is -0.497 e. The Bertz CT molecular complexity index is 519. The molecule has 0 unspecified atom stereocenters. The summed E-state index contributed by atoms with van der Waals surface area (Å²) >= 11 is 2.19. The molecule has 1 amide bonds. The molecule has 1 aromatic carbocycles. The first-order valence-electron chi connectivity index (χ1n) is 7.11. The van der Waals surface area contributed by atoms with Crippen molar-refractivity contribution in [1.82, 2.24) is 10.2 Å². The van der Waals surface area contributed by atoms with Gasteiger partial charge in [-0.2, -0.15) is 0 Å².